The highest BCUT2D eigenvalue weighted by Gasteiger charge is 2.33. The van der Waals surface area contributed by atoms with Crippen LogP contribution in [0.2, 0.25) is 5.02 Å². The molecule has 0 fully saturated rings. The Balaban J connectivity index is 1.67. The molecule has 0 aliphatic carbocycles. The van der Waals surface area contributed by atoms with Gasteiger partial charge in [-0.2, -0.15) is 4.31 Å². The first-order valence-corrected chi connectivity index (χ1v) is 15.8. The van der Waals surface area contributed by atoms with E-state index in [9.17, 15) is 18.0 Å². The van der Waals surface area contributed by atoms with Crippen molar-refractivity contribution in [3.8, 4) is 0 Å². The summed E-state index contributed by atoms with van der Waals surface area (Å²) in [6.07, 6.45) is 1.33. The second kappa shape index (κ2) is 14.8. The number of rotatable bonds is 13. The highest BCUT2D eigenvalue weighted by Crippen LogP contribution is 2.18. The van der Waals surface area contributed by atoms with Crippen LogP contribution in [0.25, 0.3) is 0 Å². The van der Waals surface area contributed by atoms with Crippen molar-refractivity contribution in [1.29, 1.82) is 0 Å². The summed E-state index contributed by atoms with van der Waals surface area (Å²) in [4.78, 5) is 29.4. The molecule has 4 aromatic carbocycles. The number of hydrogen-bond donors (Lipinski definition) is 1. The lowest BCUT2D eigenvalue weighted by Crippen LogP contribution is -2.53. The minimum atomic E-state index is -3.75. The number of carbonyl (C=O) groups excluding carboxylic acids is 2. The average Bonchev–Trinajstić information content (AvgIpc) is 2.99. The van der Waals surface area contributed by atoms with Crippen molar-refractivity contribution in [1.82, 2.24) is 14.5 Å². The predicted octanol–water partition coefficient (Wildman–Crippen LogP) is 5.06. The molecule has 2 amide bonds. The van der Waals surface area contributed by atoms with Gasteiger partial charge >= 0.3 is 0 Å². The third-order valence-electron chi connectivity index (χ3n) is 6.86. The minimum Gasteiger partial charge on any atom is -0.350 e. The molecule has 1 atom stereocenters. The van der Waals surface area contributed by atoms with Gasteiger partial charge < -0.3 is 10.2 Å². The fourth-order valence-corrected chi connectivity index (χ4v) is 5.53. The van der Waals surface area contributed by atoms with E-state index in [0.29, 0.717) is 5.02 Å². The third kappa shape index (κ3) is 9.01. The maximum absolute atomic E-state index is 14.1. The van der Waals surface area contributed by atoms with E-state index in [2.05, 4.69) is 5.32 Å². The van der Waals surface area contributed by atoms with E-state index < -0.39 is 28.5 Å². The standard InChI is InChI=1S/C33H34ClN3O4S/c1-42(40,41)36(23-27-15-7-3-8-16-27)25-32(38)37(24-28-17-9-4-10-18-28)31(21-26-13-5-2-6-14-26)33(39)35-22-29-19-11-12-20-30(29)34/h2-20,31H,21-25H2,1H3,(H,35,39)/t31-/m0/s1. The normalized spacial score (nSPS) is 12.1. The van der Waals surface area contributed by atoms with Crippen molar-refractivity contribution in [2.45, 2.75) is 32.1 Å². The van der Waals surface area contributed by atoms with Gasteiger partial charge in [-0.15, -0.1) is 0 Å². The SMILES string of the molecule is CS(=O)(=O)N(CC(=O)N(Cc1ccccc1)[C@@H](Cc1ccccc1)C(=O)NCc1ccccc1Cl)Cc1ccccc1. The van der Waals surface area contributed by atoms with E-state index in [0.717, 1.165) is 32.8 Å². The Morgan fingerprint density at radius 2 is 1.24 bits per heavy atom. The van der Waals surface area contributed by atoms with E-state index >= 15 is 0 Å². The Morgan fingerprint density at radius 1 is 0.738 bits per heavy atom. The zero-order valence-corrected chi connectivity index (χ0v) is 25.0. The molecule has 0 bridgehead atoms. The van der Waals surface area contributed by atoms with Gasteiger partial charge in [0, 0.05) is 31.1 Å². The monoisotopic (exact) mass is 603 g/mol. The van der Waals surface area contributed by atoms with Crippen LogP contribution >= 0.6 is 11.6 Å². The second-order valence-corrected chi connectivity index (χ2v) is 12.4. The molecule has 0 aliphatic rings. The summed E-state index contributed by atoms with van der Waals surface area (Å²) in [6, 6.07) is 34.2. The molecule has 4 aromatic rings. The lowest BCUT2D eigenvalue weighted by atomic mass is 10.0. The summed E-state index contributed by atoms with van der Waals surface area (Å²) in [5.74, 6) is -0.842. The van der Waals surface area contributed by atoms with Gasteiger partial charge in [-0.1, -0.05) is 121 Å². The molecule has 0 aromatic heterocycles. The summed E-state index contributed by atoms with van der Waals surface area (Å²) in [7, 11) is -3.75. The molecular weight excluding hydrogens is 570 g/mol. The average molecular weight is 604 g/mol. The molecule has 0 heterocycles. The Hall–Kier alpha value is -3.98. The minimum absolute atomic E-state index is 0.0344. The quantitative estimate of drug-likeness (QED) is 0.231. The maximum atomic E-state index is 14.1. The fraction of sp³-hybridized carbons (Fsp3) is 0.212. The van der Waals surface area contributed by atoms with Gasteiger partial charge in [0.05, 0.1) is 12.8 Å². The van der Waals surface area contributed by atoms with E-state index in [1.165, 1.54) is 4.90 Å². The molecule has 4 rings (SSSR count). The van der Waals surface area contributed by atoms with Crippen molar-refractivity contribution in [2.24, 2.45) is 0 Å². The van der Waals surface area contributed by atoms with Crippen molar-refractivity contribution >= 4 is 33.4 Å². The summed E-state index contributed by atoms with van der Waals surface area (Å²) < 4.78 is 26.7. The molecule has 0 aliphatic heterocycles. The van der Waals surface area contributed by atoms with Crippen LogP contribution in [0.1, 0.15) is 22.3 Å². The van der Waals surface area contributed by atoms with Crippen molar-refractivity contribution < 1.29 is 18.0 Å². The fourth-order valence-electron chi connectivity index (χ4n) is 4.60. The zero-order valence-electron chi connectivity index (χ0n) is 23.4. The van der Waals surface area contributed by atoms with Gasteiger partial charge in [0.25, 0.3) is 0 Å². The number of benzene rings is 4. The lowest BCUT2D eigenvalue weighted by Gasteiger charge is -2.33. The number of halogens is 1. The van der Waals surface area contributed by atoms with Gasteiger partial charge in [0.1, 0.15) is 6.04 Å². The molecule has 0 saturated carbocycles. The molecule has 1 N–H and O–H groups in total. The van der Waals surface area contributed by atoms with E-state index in [1.807, 2.05) is 109 Å². The van der Waals surface area contributed by atoms with Crippen LogP contribution in [-0.4, -0.2) is 48.3 Å². The first kappa shape index (κ1) is 31.0. The van der Waals surface area contributed by atoms with Crippen LogP contribution in [0, 0.1) is 0 Å². The zero-order chi connectivity index (χ0) is 30.0. The second-order valence-electron chi connectivity index (χ2n) is 10.0. The van der Waals surface area contributed by atoms with Crippen molar-refractivity contribution in [3.63, 3.8) is 0 Å². The molecule has 0 unspecified atom stereocenters. The molecule has 7 nitrogen and oxygen atoms in total. The lowest BCUT2D eigenvalue weighted by molar-refractivity contribution is -0.141. The summed E-state index contributed by atoms with van der Waals surface area (Å²) >= 11 is 6.33. The number of carbonyl (C=O) groups is 2. The number of sulfonamides is 1. The first-order valence-electron chi connectivity index (χ1n) is 13.6. The van der Waals surface area contributed by atoms with Gasteiger partial charge in [-0.25, -0.2) is 8.42 Å². The van der Waals surface area contributed by atoms with Gasteiger partial charge in [-0.3, -0.25) is 9.59 Å². The number of nitrogens with one attached hydrogen (secondary N) is 1. The largest absolute Gasteiger partial charge is 0.350 e. The summed E-state index contributed by atoms with van der Waals surface area (Å²) in [6.45, 7) is -0.0729. The van der Waals surface area contributed by atoms with Crippen LogP contribution in [0.15, 0.2) is 115 Å². The van der Waals surface area contributed by atoms with Gasteiger partial charge in [0.2, 0.25) is 21.8 Å². The van der Waals surface area contributed by atoms with E-state index in [-0.39, 0.29) is 32.0 Å². The molecule has 218 valence electrons. The first-order chi connectivity index (χ1) is 20.2. The van der Waals surface area contributed by atoms with Crippen LogP contribution in [0.3, 0.4) is 0 Å². The van der Waals surface area contributed by atoms with Crippen LogP contribution < -0.4 is 5.32 Å². The Labute approximate surface area is 252 Å². The number of amides is 2. The van der Waals surface area contributed by atoms with Crippen molar-refractivity contribution in [3.05, 3.63) is 143 Å². The summed E-state index contributed by atoms with van der Waals surface area (Å²) in [5, 5.41) is 3.48. The van der Waals surface area contributed by atoms with Gasteiger partial charge in [0.15, 0.2) is 0 Å². The van der Waals surface area contributed by atoms with E-state index in [4.69, 9.17) is 11.6 Å². The topological polar surface area (TPSA) is 86.8 Å². The Kier molecular flexibility index (Phi) is 10.9. The Morgan fingerprint density at radius 3 is 1.79 bits per heavy atom. The van der Waals surface area contributed by atoms with Crippen LogP contribution in [0.4, 0.5) is 0 Å². The predicted molar refractivity (Wildman–Crippen MR) is 166 cm³/mol. The van der Waals surface area contributed by atoms with Crippen molar-refractivity contribution in [2.75, 3.05) is 12.8 Å². The molecular formula is C33H34ClN3O4S. The molecule has 0 radical (unpaired) electrons. The maximum Gasteiger partial charge on any atom is 0.243 e. The van der Waals surface area contributed by atoms with Crippen LogP contribution in [0.5, 0.6) is 0 Å². The summed E-state index contributed by atoms with van der Waals surface area (Å²) in [5.41, 5.74) is 3.18. The third-order valence-corrected chi connectivity index (χ3v) is 8.43. The number of hydrogen-bond acceptors (Lipinski definition) is 4. The van der Waals surface area contributed by atoms with Gasteiger partial charge in [-0.05, 0) is 28.3 Å². The highest BCUT2D eigenvalue weighted by molar-refractivity contribution is 7.88. The molecule has 42 heavy (non-hydrogen) atoms. The van der Waals surface area contributed by atoms with E-state index in [1.54, 1.807) is 6.07 Å². The molecule has 0 spiro atoms. The highest BCUT2D eigenvalue weighted by atomic mass is 35.5. The number of nitrogens with zero attached hydrogens (tertiary/aromatic N) is 2. The smallest absolute Gasteiger partial charge is 0.243 e. The Bertz CT molecular complexity index is 1570. The molecule has 9 heteroatoms. The van der Waals surface area contributed by atoms with Crippen LogP contribution in [-0.2, 0) is 45.7 Å². The molecule has 0 saturated heterocycles.